The van der Waals surface area contributed by atoms with Crippen LogP contribution in [-0.4, -0.2) is 64.3 Å². The molecule has 536 valence electrons. The van der Waals surface area contributed by atoms with Crippen LogP contribution in [0.1, 0.15) is 38.4 Å². The quantitative estimate of drug-likeness (QED) is 0.0795. The van der Waals surface area contributed by atoms with E-state index in [9.17, 15) is 17.8 Å². The summed E-state index contributed by atoms with van der Waals surface area (Å²) in [5.41, 5.74) is 0.738. The Morgan fingerprint density at radius 2 is 0.439 bits per heavy atom. The highest BCUT2D eigenvalue weighted by molar-refractivity contribution is 7.20. The monoisotopic (exact) mass is 1520 g/mol. The molecule has 22 rings (SSSR count). The lowest BCUT2D eigenvalue weighted by atomic mass is 10.2. The zero-order valence-corrected chi connectivity index (χ0v) is 61.7. The Labute approximate surface area is 699 Å². The van der Waals surface area contributed by atoms with Crippen LogP contribution in [0, 0.1) is 0 Å². The van der Waals surface area contributed by atoms with Gasteiger partial charge in [-0.3, -0.25) is 18.3 Å². The van der Waals surface area contributed by atoms with Gasteiger partial charge in [-0.15, -0.1) is 0 Å². The number of rotatable bonds is 14. The van der Waals surface area contributed by atoms with Gasteiger partial charge in [-0.25, -0.2) is 0 Å². The standard InChI is InChI=1S/2C51H35N5Si/c2*1-4-20-37(21-5-1)57(38-22-6-2-7-23-38,39-24-8-3-9-25-39)40-26-18-19-36(35-40)49-52-50(55-45-31-14-10-27-41(45)42-28-11-15-32-46(42)55)54-51(53-49)56-47-33-16-12-29-43(47)44-30-13-17-34-48(44)56/h2*1-35H/i1D,4D,5D,10D,12D,14D,16D,18D,19D,20D,26D,27D,29D,31D,33D,35D;10D,12D,14D,16D,18D,19D,26D,27D,29D,31D,33D,35D. The van der Waals surface area contributed by atoms with Crippen molar-refractivity contribution < 1.29 is 38.4 Å². The van der Waals surface area contributed by atoms with Crippen LogP contribution in [0.2, 0.25) is 0 Å². The number of fused-ring (bicyclic) bond motifs is 12. The summed E-state index contributed by atoms with van der Waals surface area (Å²) in [7, 11) is -8.17. The molecule has 0 bridgehead atoms. The Kier molecular flexibility index (Phi) is 10.9. The van der Waals surface area contributed by atoms with Gasteiger partial charge in [0.2, 0.25) is 23.8 Å². The molecule has 6 heterocycles. The van der Waals surface area contributed by atoms with Crippen LogP contribution in [0.25, 0.3) is 134 Å². The van der Waals surface area contributed by atoms with E-state index in [1.54, 1.807) is 158 Å². The maximum Gasteiger partial charge on any atom is 0.240 e. The van der Waals surface area contributed by atoms with Crippen LogP contribution in [0.4, 0.5) is 0 Å². The van der Waals surface area contributed by atoms with E-state index in [-0.39, 0.29) is 137 Å². The number of hydrogen-bond donors (Lipinski definition) is 0. The van der Waals surface area contributed by atoms with Gasteiger partial charge >= 0.3 is 0 Å². The van der Waals surface area contributed by atoms with Gasteiger partial charge in [0.1, 0.15) is 0 Å². The first-order valence-corrected chi connectivity index (χ1v) is 40.3. The van der Waals surface area contributed by atoms with Crippen molar-refractivity contribution in [2.75, 3.05) is 0 Å². The van der Waals surface area contributed by atoms with Crippen LogP contribution in [0.15, 0.2) is 424 Å². The van der Waals surface area contributed by atoms with Gasteiger partial charge in [0.25, 0.3) is 0 Å². The Bertz CT molecular complexity index is 8730. The molecule has 0 amide bonds. The maximum atomic E-state index is 10.4. The molecule has 0 unspecified atom stereocenters. The Morgan fingerprint density at radius 1 is 0.184 bits per heavy atom. The summed E-state index contributed by atoms with van der Waals surface area (Å²) in [6.07, 6.45) is 0. The zero-order valence-electron chi connectivity index (χ0n) is 87.7. The van der Waals surface area contributed by atoms with E-state index >= 15 is 0 Å². The van der Waals surface area contributed by atoms with Gasteiger partial charge < -0.3 is 0 Å². The lowest BCUT2D eigenvalue weighted by Crippen LogP contribution is -2.74. The third-order valence-corrected chi connectivity index (χ3v) is 29.8. The van der Waals surface area contributed by atoms with Crippen molar-refractivity contribution >= 4 is 145 Å². The number of hydrogen-bond acceptors (Lipinski definition) is 6. The molecule has 0 aliphatic rings. The topological polar surface area (TPSA) is 97.1 Å². The average molecular weight is 1520 g/mol. The Morgan fingerprint density at radius 3 is 0.746 bits per heavy atom. The van der Waals surface area contributed by atoms with Crippen molar-refractivity contribution in [3.05, 3.63) is 424 Å². The van der Waals surface area contributed by atoms with E-state index < -0.39 is 154 Å². The molecule has 0 radical (unpaired) electrons. The van der Waals surface area contributed by atoms with Crippen molar-refractivity contribution in [3.8, 4) is 46.6 Å². The molecule has 0 spiro atoms. The summed E-state index contributed by atoms with van der Waals surface area (Å²) in [6, 6.07) is 61.7. The highest BCUT2D eigenvalue weighted by Crippen LogP contribution is 2.38. The van der Waals surface area contributed by atoms with E-state index in [0.717, 1.165) is 15.6 Å². The second kappa shape index (κ2) is 28.2. The molecule has 12 heteroatoms. The number of aromatic nitrogens is 10. The van der Waals surface area contributed by atoms with Gasteiger partial charge in [0.05, 0.1) is 82.5 Å². The van der Waals surface area contributed by atoms with Crippen LogP contribution in [0.5, 0.6) is 0 Å². The molecule has 0 aliphatic heterocycles. The molecule has 16 aromatic carbocycles. The highest BCUT2D eigenvalue weighted by atomic mass is 28.3. The fourth-order valence-corrected chi connectivity index (χ4v) is 24.7. The van der Waals surface area contributed by atoms with Gasteiger partial charge in [-0.05, 0) is 89.9 Å². The third kappa shape index (κ3) is 11.1. The van der Waals surface area contributed by atoms with Crippen LogP contribution in [0.3, 0.4) is 0 Å². The van der Waals surface area contributed by atoms with Crippen LogP contribution >= 0.6 is 0 Å². The summed E-state index contributed by atoms with van der Waals surface area (Å²) >= 11 is 0. The van der Waals surface area contributed by atoms with Crippen molar-refractivity contribution in [2.24, 2.45) is 0 Å². The largest absolute Gasteiger partial charge is 0.278 e. The number of benzene rings is 16. The zero-order chi connectivity index (χ0) is 99.9. The molecule has 0 saturated heterocycles. The lowest BCUT2D eigenvalue weighted by molar-refractivity contribution is 0.892. The predicted molar refractivity (Wildman–Crippen MR) is 475 cm³/mol. The minimum Gasteiger partial charge on any atom is -0.278 e. The highest BCUT2D eigenvalue weighted by Gasteiger charge is 2.43. The normalized spacial score (nSPS) is 15.3. The summed E-state index contributed by atoms with van der Waals surface area (Å²) in [5.74, 6) is -1.78. The smallest absolute Gasteiger partial charge is 0.240 e. The molecule has 6 aromatic heterocycles. The van der Waals surface area contributed by atoms with Gasteiger partial charge in [0.15, 0.2) is 27.8 Å². The van der Waals surface area contributed by atoms with E-state index in [2.05, 4.69) is 0 Å². The molecule has 22 aromatic rings. The molecular formula is C102H70N10Si2. The lowest BCUT2D eigenvalue weighted by Gasteiger charge is -2.34. The summed E-state index contributed by atoms with van der Waals surface area (Å²) < 4.78 is 263. The first-order valence-electron chi connectivity index (χ1n) is 50.3. The van der Waals surface area contributed by atoms with Crippen molar-refractivity contribution in [2.45, 2.75) is 0 Å². The molecule has 0 aliphatic carbocycles. The van der Waals surface area contributed by atoms with Gasteiger partial charge in [0, 0.05) is 54.2 Å². The SMILES string of the molecule is [2H]c1c([2H])c(-c2nc(-n3c4ccccc4c4c([2H])c([2H])c([2H])c([2H])c43)nc(-n3c4ccccc4c4c([2H])c([2H])c([2H])c([2H])c43)n2)c([2H])c([Si](c2ccccc2)(c2ccccc2)c2ccccc2)c1[2H].[2H]c1cc([Si](c2ccccc2)(c2ccccc2)c2c([2H])c([2H])c([2H])c(-c3nc(-n4c5ccccc5c5c([2H])c([2H])c([2H])c([2H])c54)nc(-n4c5ccccc5c5c([2H])c([2H])c([2H])c([2H])c54)n3)c2[2H])c([2H])c([2H])c1[2H]. The van der Waals surface area contributed by atoms with Crippen molar-refractivity contribution in [1.82, 2.24) is 48.2 Å². The fourth-order valence-electron chi connectivity index (χ4n) is 15.9. The maximum absolute atomic E-state index is 10.4. The summed E-state index contributed by atoms with van der Waals surface area (Å²) in [5, 5.41) is 5.84. The Balaban J connectivity index is 0.000000168. The fraction of sp³-hybridized carbons (Fsp3) is 0. The van der Waals surface area contributed by atoms with E-state index in [1.165, 1.54) is 24.3 Å². The summed E-state index contributed by atoms with van der Waals surface area (Å²) in [6.45, 7) is 0. The van der Waals surface area contributed by atoms with E-state index in [4.69, 9.17) is 50.5 Å². The summed E-state index contributed by atoms with van der Waals surface area (Å²) in [4.78, 5) is 29.8. The second-order valence-electron chi connectivity index (χ2n) is 26.7. The van der Waals surface area contributed by atoms with Crippen LogP contribution in [-0.2, 0) is 0 Å². The molecule has 0 atom stereocenters. The molecule has 114 heavy (non-hydrogen) atoms. The molecule has 0 saturated carbocycles. The van der Waals surface area contributed by atoms with Gasteiger partial charge in [-0.1, -0.05) is 376 Å². The van der Waals surface area contributed by atoms with Crippen molar-refractivity contribution in [1.29, 1.82) is 0 Å². The average Bonchev–Trinajstić information content (AvgIpc) is 1.08. The molecular weight excluding hydrogens is 1420 g/mol. The van der Waals surface area contributed by atoms with Crippen LogP contribution < -0.4 is 41.5 Å². The van der Waals surface area contributed by atoms with Gasteiger partial charge in [-0.2, -0.15) is 29.9 Å². The minimum atomic E-state index is -4.41. The van der Waals surface area contributed by atoms with E-state index in [0.29, 0.717) is 54.0 Å². The van der Waals surface area contributed by atoms with Crippen molar-refractivity contribution in [3.63, 3.8) is 0 Å². The Hall–Kier alpha value is -14.8. The number of nitrogens with zero attached hydrogens (tertiary/aromatic N) is 10. The predicted octanol–water partition coefficient (Wildman–Crippen LogP) is 18.2. The first-order chi connectivity index (χ1) is 68.2. The first kappa shape index (κ1) is 44.1. The van der Waals surface area contributed by atoms with E-state index in [1.807, 2.05) is 91.0 Å². The molecule has 0 N–H and O–H groups in total. The third-order valence-electron chi connectivity index (χ3n) is 20.7. The molecule has 0 fully saturated rings. The molecule has 10 nitrogen and oxygen atoms in total. The number of para-hydroxylation sites is 8. The second-order valence-corrected chi connectivity index (χ2v) is 34.2. The minimum absolute atomic E-state index is 0.0265.